The summed E-state index contributed by atoms with van der Waals surface area (Å²) in [6, 6.07) is 6.57. The molecule has 0 unspecified atom stereocenters. The van der Waals surface area contributed by atoms with Gasteiger partial charge in [0, 0.05) is 18.5 Å². The number of ether oxygens (including phenoxy) is 1. The quantitative estimate of drug-likeness (QED) is 0.867. The Morgan fingerprint density at radius 3 is 2.55 bits per heavy atom. The van der Waals surface area contributed by atoms with Crippen LogP contribution in [0.2, 0.25) is 0 Å². The van der Waals surface area contributed by atoms with E-state index in [2.05, 4.69) is 5.32 Å². The lowest BCUT2D eigenvalue weighted by Crippen LogP contribution is -2.39. The number of carbonyl (C=O) groups is 1. The van der Waals surface area contributed by atoms with Crippen molar-refractivity contribution in [3.05, 3.63) is 35.6 Å². The first-order chi connectivity index (χ1) is 10.1. The van der Waals surface area contributed by atoms with Gasteiger partial charge in [0.05, 0.1) is 6.10 Å². The molecule has 1 heterocycles. The van der Waals surface area contributed by atoms with E-state index in [4.69, 9.17) is 10.5 Å². The number of benzene rings is 1. The van der Waals surface area contributed by atoms with Crippen LogP contribution in [0.4, 0.5) is 4.39 Å². The molecular weight excluding hydrogens is 307 g/mol. The molecule has 1 aromatic rings. The minimum atomic E-state index is -0.373. The van der Waals surface area contributed by atoms with Crippen molar-refractivity contribution in [1.29, 1.82) is 0 Å². The lowest BCUT2D eigenvalue weighted by Gasteiger charge is -2.18. The fourth-order valence-electron chi connectivity index (χ4n) is 2.96. The summed E-state index contributed by atoms with van der Waals surface area (Å²) in [5, 5.41) is 2.99. The van der Waals surface area contributed by atoms with Gasteiger partial charge in [-0.1, -0.05) is 12.1 Å². The van der Waals surface area contributed by atoms with Crippen LogP contribution in [0.15, 0.2) is 24.3 Å². The number of carbonyl (C=O) groups excluding carboxylic acids is 1. The zero-order chi connectivity index (χ0) is 14.9. The highest BCUT2D eigenvalue weighted by molar-refractivity contribution is 5.85. The third kappa shape index (κ3) is 3.59. The molecule has 1 saturated carbocycles. The molecule has 22 heavy (non-hydrogen) atoms. The first-order valence-corrected chi connectivity index (χ1v) is 7.52. The lowest BCUT2D eigenvalue weighted by molar-refractivity contribution is -0.131. The molecule has 1 saturated heterocycles. The summed E-state index contributed by atoms with van der Waals surface area (Å²) in [5.41, 5.74) is 6.63. The van der Waals surface area contributed by atoms with Crippen LogP contribution in [0, 0.1) is 5.82 Å². The van der Waals surface area contributed by atoms with Crippen molar-refractivity contribution in [2.24, 2.45) is 5.73 Å². The molecule has 1 aromatic carbocycles. The van der Waals surface area contributed by atoms with Crippen LogP contribution in [0.1, 0.15) is 31.2 Å². The number of nitrogens with one attached hydrogen (secondary N) is 1. The van der Waals surface area contributed by atoms with E-state index >= 15 is 0 Å². The van der Waals surface area contributed by atoms with Crippen molar-refractivity contribution in [3.63, 3.8) is 0 Å². The summed E-state index contributed by atoms with van der Waals surface area (Å²) >= 11 is 0. The average Bonchev–Trinajstić information content (AvgIpc) is 3.13. The Hall–Kier alpha value is -1.17. The van der Waals surface area contributed by atoms with Gasteiger partial charge in [-0.05, 0) is 43.4 Å². The van der Waals surface area contributed by atoms with Crippen molar-refractivity contribution in [2.75, 3.05) is 13.1 Å². The maximum Gasteiger partial charge on any atom is 0.249 e. The second-order valence-corrected chi connectivity index (χ2v) is 6.06. The molecule has 2 aliphatic rings. The van der Waals surface area contributed by atoms with Crippen LogP contribution in [0.3, 0.4) is 0 Å². The van der Waals surface area contributed by atoms with Crippen molar-refractivity contribution in [2.45, 2.75) is 43.3 Å². The minimum Gasteiger partial charge on any atom is -0.364 e. The van der Waals surface area contributed by atoms with Gasteiger partial charge in [-0.3, -0.25) is 4.79 Å². The van der Waals surface area contributed by atoms with E-state index in [-0.39, 0.29) is 41.8 Å². The number of nitrogens with two attached hydrogens (primary N) is 1. The average molecular weight is 329 g/mol. The summed E-state index contributed by atoms with van der Waals surface area (Å²) in [6.07, 6.45) is 3.26. The molecule has 2 atom stereocenters. The van der Waals surface area contributed by atoms with Crippen molar-refractivity contribution >= 4 is 18.3 Å². The Balaban J connectivity index is 0.00000176. The Kier molecular flexibility index (Phi) is 5.42. The third-order valence-electron chi connectivity index (χ3n) is 4.57. The fraction of sp³-hybridized carbons (Fsp3) is 0.562. The smallest absolute Gasteiger partial charge is 0.249 e. The monoisotopic (exact) mass is 328 g/mol. The van der Waals surface area contributed by atoms with E-state index in [1.54, 1.807) is 0 Å². The standard InChI is InChI=1S/C16H21FN2O2.ClH/c17-12-3-1-11(2-4-12)16(7-8-16)10-19-15(20)14-6-5-13(9-18)21-14;/h1-4,13-14H,5-10,18H2,(H,19,20);1H/t13-,14+;/m1./s1. The van der Waals surface area contributed by atoms with Gasteiger partial charge in [-0.15, -0.1) is 12.4 Å². The molecule has 3 N–H and O–H groups in total. The van der Waals surface area contributed by atoms with E-state index in [0.717, 1.165) is 31.2 Å². The van der Waals surface area contributed by atoms with Crippen molar-refractivity contribution in [1.82, 2.24) is 5.32 Å². The predicted octanol–water partition coefficient (Wildman–Crippen LogP) is 1.90. The molecule has 122 valence electrons. The largest absolute Gasteiger partial charge is 0.364 e. The number of rotatable bonds is 5. The second kappa shape index (κ2) is 6.94. The van der Waals surface area contributed by atoms with Crippen LogP contribution >= 0.6 is 12.4 Å². The normalized spacial score (nSPS) is 25.4. The Labute approximate surface area is 136 Å². The van der Waals surface area contributed by atoms with Crippen LogP contribution in [-0.4, -0.2) is 31.2 Å². The number of amides is 1. The molecule has 0 bridgehead atoms. The fourth-order valence-corrected chi connectivity index (χ4v) is 2.96. The number of hydrogen-bond donors (Lipinski definition) is 2. The van der Waals surface area contributed by atoms with Crippen molar-refractivity contribution < 1.29 is 13.9 Å². The molecule has 1 aliphatic carbocycles. The molecule has 0 radical (unpaired) electrons. The van der Waals surface area contributed by atoms with Crippen LogP contribution < -0.4 is 11.1 Å². The second-order valence-electron chi connectivity index (χ2n) is 6.06. The van der Waals surface area contributed by atoms with Gasteiger partial charge in [-0.25, -0.2) is 4.39 Å². The summed E-state index contributed by atoms with van der Waals surface area (Å²) < 4.78 is 18.6. The number of halogens is 2. The highest BCUT2D eigenvalue weighted by Gasteiger charge is 2.44. The summed E-state index contributed by atoms with van der Waals surface area (Å²) in [6.45, 7) is 1.05. The maximum absolute atomic E-state index is 13.0. The van der Waals surface area contributed by atoms with E-state index in [1.807, 2.05) is 12.1 Å². The van der Waals surface area contributed by atoms with E-state index < -0.39 is 0 Å². The summed E-state index contributed by atoms with van der Waals surface area (Å²) in [7, 11) is 0. The van der Waals surface area contributed by atoms with Gasteiger partial charge < -0.3 is 15.8 Å². The topological polar surface area (TPSA) is 64.4 Å². The zero-order valence-electron chi connectivity index (χ0n) is 12.4. The molecular formula is C16H22ClFN2O2. The Bertz CT molecular complexity index is 519. The van der Waals surface area contributed by atoms with Crippen molar-refractivity contribution in [3.8, 4) is 0 Å². The van der Waals surface area contributed by atoms with Gasteiger partial charge in [0.15, 0.2) is 0 Å². The first-order valence-electron chi connectivity index (χ1n) is 7.52. The van der Waals surface area contributed by atoms with Gasteiger partial charge in [0.1, 0.15) is 11.9 Å². The van der Waals surface area contributed by atoms with E-state index in [1.165, 1.54) is 12.1 Å². The van der Waals surface area contributed by atoms with E-state index in [0.29, 0.717) is 13.1 Å². The SMILES string of the molecule is Cl.NC[C@H]1CC[C@@H](C(=O)NCC2(c3ccc(F)cc3)CC2)O1. The molecule has 4 nitrogen and oxygen atoms in total. The zero-order valence-corrected chi connectivity index (χ0v) is 13.2. The molecule has 1 aliphatic heterocycles. The summed E-state index contributed by atoms with van der Waals surface area (Å²) in [4.78, 5) is 12.1. The van der Waals surface area contributed by atoms with Gasteiger partial charge in [0.2, 0.25) is 5.91 Å². The lowest BCUT2D eigenvalue weighted by atomic mass is 9.96. The van der Waals surface area contributed by atoms with Crippen LogP contribution in [-0.2, 0) is 14.9 Å². The molecule has 6 heteroatoms. The maximum atomic E-state index is 13.0. The van der Waals surface area contributed by atoms with Crippen LogP contribution in [0.5, 0.6) is 0 Å². The molecule has 0 spiro atoms. The van der Waals surface area contributed by atoms with Gasteiger partial charge in [-0.2, -0.15) is 0 Å². The summed E-state index contributed by atoms with van der Waals surface area (Å²) in [5.74, 6) is -0.287. The third-order valence-corrected chi connectivity index (χ3v) is 4.57. The molecule has 3 rings (SSSR count). The molecule has 2 fully saturated rings. The highest BCUT2D eigenvalue weighted by Crippen LogP contribution is 2.47. The van der Waals surface area contributed by atoms with Gasteiger partial charge >= 0.3 is 0 Å². The predicted molar refractivity (Wildman–Crippen MR) is 84.5 cm³/mol. The Morgan fingerprint density at radius 1 is 1.32 bits per heavy atom. The Morgan fingerprint density at radius 2 is 2.00 bits per heavy atom. The minimum absolute atomic E-state index is 0. The first kappa shape index (κ1) is 17.2. The highest BCUT2D eigenvalue weighted by atomic mass is 35.5. The molecule has 1 amide bonds. The number of hydrogen-bond acceptors (Lipinski definition) is 3. The van der Waals surface area contributed by atoms with Crippen LogP contribution in [0.25, 0.3) is 0 Å². The van der Waals surface area contributed by atoms with E-state index in [9.17, 15) is 9.18 Å². The van der Waals surface area contributed by atoms with Gasteiger partial charge in [0.25, 0.3) is 0 Å². The molecule has 0 aromatic heterocycles.